The van der Waals surface area contributed by atoms with Gasteiger partial charge in [-0.3, -0.25) is 4.98 Å². The van der Waals surface area contributed by atoms with Gasteiger partial charge in [0.2, 0.25) is 0 Å². The van der Waals surface area contributed by atoms with E-state index in [4.69, 9.17) is 10.5 Å². The van der Waals surface area contributed by atoms with Crippen molar-refractivity contribution < 1.29 is 9.13 Å². The molecule has 0 amide bonds. The highest BCUT2D eigenvalue weighted by atomic mass is 19.1. The third-order valence-corrected chi connectivity index (χ3v) is 2.97. The van der Waals surface area contributed by atoms with Gasteiger partial charge in [-0.2, -0.15) is 0 Å². The maximum atomic E-state index is 13.3. The molecule has 0 radical (unpaired) electrons. The second-order valence-corrected chi connectivity index (χ2v) is 4.33. The highest BCUT2D eigenvalue weighted by Gasteiger charge is 2.25. The van der Waals surface area contributed by atoms with Gasteiger partial charge in [-0.1, -0.05) is 12.1 Å². The van der Waals surface area contributed by atoms with Gasteiger partial charge < -0.3 is 10.5 Å². The van der Waals surface area contributed by atoms with Crippen LogP contribution < -0.4 is 10.5 Å². The summed E-state index contributed by atoms with van der Waals surface area (Å²) in [6.07, 6.45) is 3.26. The van der Waals surface area contributed by atoms with Crippen LogP contribution in [0, 0.1) is 5.82 Å². The molecule has 94 valence electrons. The minimum atomic E-state index is -0.816. The molecule has 0 aliphatic heterocycles. The third-order valence-electron chi connectivity index (χ3n) is 2.97. The summed E-state index contributed by atoms with van der Waals surface area (Å²) in [7, 11) is 1.57. The van der Waals surface area contributed by atoms with Gasteiger partial charge in [0.05, 0.1) is 18.8 Å². The van der Waals surface area contributed by atoms with Crippen molar-refractivity contribution in [2.24, 2.45) is 5.73 Å². The number of rotatable bonds is 3. The summed E-state index contributed by atoms with van der Waals surface area (Å²) in [6.45, 7) is 1.82. The first-order chi connectivity index (χ1) is 8.54. The van der Waals surface area contributed by atoms with E-state index in [0.29, 0.717) is 11.3 Å². The number of ether oxygens (including phenoxy) is 1. The summed E-state index contributed by atoms with van der Waals surface area (Å²) in [4.78, 5) is 4.07. The second-order valence-electron chi connectivity index (χ2n) is 4.33. The normalized spacial score (nSPS) is 14.0. The predicted octanol–water partition coefficient (Wildman–Crippen LogP) is 2.45. The Hall–Kier alpha value is -1.94. The van der Waals surface area contributed by atoms with Crippen molar-refractivity contribution in [2.45, 2.75) is 12.5 Å². The molecule has 2 rings (SSSR count). The van der Waals surface area contributed by atoms with E-state index in [0.717, 1.165) is 5.56 Å². The van der Waals surface area contributed by atoms with Crippen LogP contribution in [0.3, 0.4) is 0 Å². The highest BCUT2D eigenvalue weighted by Crippen LogP contribution is 2.28. The summed E-state index contributed by atoms with van der Waals surface area (Å²) in [5.74, 6) is 0.320. The molecule has 1 aromatic heterocycles. The lowest BCUT2D eigenvalue weighted by molar-refractivity contribution is 0.410. The van der Waals surface area contributed by atoms with Gasteiger partial charge >= 0.3 is 0 Å². The number of methoxy groups -OCH3 is 1. The zero-order valence-corrected chi connectivity index (χ0v) is 10.4. The molecule has 0 spiro atoms. The molecule has 0 saturated carbocycles. The largest absolute Gasteiger partial charge is 0.495 e. The Labute approximate surface area is 105 Å². The lowest BCUT2D eigenvalue weighted by Crippen LogP contribution is -2.34. The van der Waals surface area contributed by atoms with Crippen molar-refractivity contribution in [3.8, 4) is 5.75 Å². The van der Waals surface area contributed by atoms with Crippen molar-refractivity contribution in [1.29, 1.82) is 0 Å². The van der Waals surface area contributed by atoms with Crippen molar-refractivity contribution in [1.82, 2.24) is 4.98 Å². The van der Waals surface area contributed by atoms with Crippen LogP contribution in [0.15, 0.2) is 42.7 Å². The summed E-state index contributed by atoms with van der Waals surface area (Å²) in [5, 5.41) is 0. The average Bonchev–Trinajstić information content (AvgIpc) is 2.39. The molecular formula is C14H15FN2O. The minimum absolute atomic E-state index is 0.306. The maximum Gasteiger partial charge on any atom is 0.137 e. The first-order valence-electron chi connectivity index (χ1n) is 5.58. The lowest BCUT2D eigenvalue weighted by atomic mass is 9.86. The number of halogens is 1. The first kappa shape index (κ1) is 12.5. The zero-order valence-electron chi connectivity index (χ0n) is 10.4. The molecule has 0 aliphatic rings. The molecule has 2 aromatic rings. The number of benzene rings is 1. The van der Waals surface area contributed by atoms with E-state index in [1.807, 2.05) is 6.92 Å². The van der Waals surface area contributed by atoms with E-state index in [-0.39, 0.29) is 5.82 Å². The number of nitrogens with zero attached hydrogens (tertiary/aromatic N) is 1. The SMILES string of the molecule is COc1cncc(C(C)(N)c2cccc(F)c2)c1. The number of hydrogen-bond acceptors (Lipinski definition) is 3. The lowest BCUT2D eigenvalue weighted by Gasteiger charge is -2.25. The quantitative estimate of drug-likeness (QED) is 0.905. The minimum Gasteiger partial charge on any atom is -0.495 e. The summed E-state index contributed by atoms with van der Waals surface area (Å²) in [6, 6.07) is 8.06. The molecule has 0 fully saturated rings. The molecule has 2 N–H and O–H groups in total. The van der Waals surface area contributed by atoms with Crippen molar-refractivity contribution in [3.63, 3.8) is 0 Å². The van der Waals surface area contributed by atoms with Gasteiger partial charge in [-0.25, -0.2) is 4.39 Å². The zero-order chi connectivity index (χ0) is 13.2. The summed E-state index contributed by atoms with van der Waals surface area (Å²) in [5.41, 5.74) is 6.94. The molecule has 0 aliphatic carbocycles. The van der Waals surface area contributed by atoms with Crippen LogP contribution in [0.5, 0.6) is 5.75 Å². The van der Waals surface area contributed by atoms with E-state index >= 15 is 0 Å². The van der Waals surface area contributed by atoms with Gasteiger partial charge in [0.1, 0.15) is 11.6 Å². The van der Waals surface area contributed by atoms with Gasteiger partial charge in [-0.05, 0) is 36.2 Å². The molecule has 0 saturated heterocycles. The molecule has 0 bridgehead atoms. The molecule has 1 heterocycles. The number of pyridine rings is 1. The number of aromatic nitrogens is 1. The van der Waals surface area contributed by atoms with Crippen LogP contribution in [0.25, 0.3) is 0 Å². The fraction of sp³-hybridized carbons (Fsp3) is 0.214. The van der Waals surface area contributed by atoms with Gasteiger partial charge in [-0.15, -0.1) is 0 Å². The Morgan fingerprint density at radius 3 is 2.67 bits per heavy atom. The van der Waals surface area contributed by atoms with Crippen LogP contribution in [0.2, 0.25) is 0 Å². The van der Waals surface area contributed by atoms with Crippen LogP contribution >= 0.6 is 0 Å². The molecule has 3 nitrogen and oxygen atoms in total. The Balaban J connectivity index is 2.46. The van der Waals surface area contributed by atoms with Crippen molar-refractivity contribution in [2.75, 3.05) is 7.11 Å². The van der Waals surface area contributed by atoms with Crippen molar-refractivity contribution in [3.05, 3.63) is 59.7 Å². The van der Waals surface area contributed by atoms with E-state index < -0.39 is 5.54 Å². The average molecular weight is 246 g/mol. The second kappa shape index (κ2) is 4.74. The summed E-state index contributed by atoms with van der Waals surface area (Å²) >= 11 is 0. The van der Waals surface area contributed by atoms with Gasteiger partial charge in [0, 0.05) is 6.20 Å². The monoisotopic (exact) mass is 246 g/mol. The van der Waals surface area contributed by atoms with Crippen LogP contribution in [-0.4, -0.2) is 12.1 Å². The fourth-order valence-electron chi connectivity index (χ4n) is 1.79. The van der Waals surface area contributed by atoms with E-state index in [2.05, 4.69) is 4.98 Å². The predicted molar refractivity (Wildman–Crippen MR) is 67.8 cm³/mol. The summed E-state index contributed by atoms with van der Waals surface area (Å²) < 4.78 is 18.4. The topological polar surface area (TPSA) is 48.1 Å². The molecule has 1 atom stereocenters. The Bertz CT molecular complexity index is 555. The van der Waals surface area contributed by atoms with Gasteiger partial charge in [0.15, 0.2) is 0 Å². The third kappa shape index (κ3) is 2.33. The van der Waals surface area contributed by atoms with Crippen LogP contribution in [0.4, 0.5) is 4.39 Å². The smallest absolute Gasteiger partial charge is 0.137 e. The van der Waals surface area contributed by atoms with Crippen LogP contribution in [-0.2, 0) is 5.54 Å². The van der Waals surface area contributed by atoms with Crippen molar-refractivity contribution >= 4 is 0 Å². The number of nitrogens with two attached hydrogens (primary N) is 1. The Kier molecular flexibility index (Phi) is 3.30. The molecule has 1 aromatic carbocycles. The van der Waals surface area contributed by atoms with E-state index in [9.17, 15) is 4.39 Å². The van der Waals surface area contributed by atoms with Crippen LogP contribution in [0.1, 0.15) is 18.1 Å². The van der Waals surface area contributed by atoms with Gasteiger partial charge in [0.25, 0.3) is 0 Å². The van der Waals surface area contributed by atoms with E-state index in [1.165, 1.54) is 12.1 Å². The number of hydrogen-bond donors (Lipinski definition) is 1. The fourth-order valence-corrected chi connectivity index (χ4v) is 1.79. The molecule has 18 heavy (non-hydrogen) atoms. The van der Waals surface area contributed by atoms with E-state index in [1.54, 1.807) is 37.7 Å². The Morgan fingerprint density at radius 1 is 1.22 bits per heavy atom. The highest BCUT2D eigenvalue weighted by molar-refractivity contribution is 5.38. The standard InChI is InChI=1S/C14H15FN2O/c1-14(16,10-4-3-5-12(15)6-10)11-7-13(18-2)9-17-8-11/h3-9H,16H2,1-2H3. The Morgan fingerprint density at radius 2 is 2.00 bits per heavy atom. The molecule has 1 unspecified atom stereocenters. The maximum absolute atomic E-state index is 13.3. The molecule has 4 heteroatoms. The first-order valence-corrected chi connectivity index (χ1v) is 5.58. The molecular weight excluding hydrogens is 231 g/mol.